The summed E-state index contributed by atoms with van der Waals surface area (Å²) >= 11 is 0. The van der Waals surface area contributed by atoms with Crippen molar-refractivity contribution in [3.8, 4) is 0 Å². The highest BCUT2D eigenvalue weighted by atomic mass is 16.5. The summed E-state index contributed by atoms with van der Waals surface area (Å²) in [6, 6.07) is 0. The maximum absolute atomic E-state index is 11.1. The summed E-state index contributed by atoms with van der Waals surface area (Å²) in [5, 5.41) is 0. The van der Waals surface area contributed by atoms with Gasteiger partial charge in [-0.1, -0.05) is 0 Å². The van der Waals surface area contributed by atoms with Gasteiger partial charge in [0.15, 0.2) is 5.78 Å². The zero-order chi connectivity index (χ0) is 14.4. The first-order valence-electron chi connectivity index (χ1n) is 6.31. The van der Waals surface area contributed by atoms with Gasteiger partial charge in [-0.15, -0.1) is 0 Å². The lowest BCUT2D eigenvalue weighted by Gasteiger charge is -2.29. The van der Waals surface area contributed by atoms with E-state index in [0.29, 0.717) is 19.4 Å². The number of carbonyl (C=O) groups is 2. The standard InChI is InChI=1S/C14H26O4/c1-11(15)9-14(5,6)17-8-7-13(3,4)18-10-12(2)16/h7-10H2,1-6H3. The Hall–Kier alpha value is -0.740. The molecule has 0 unspecified atom stereocenters. The van der Waals surface area contributed by atoms with Crippen LogP contribution >= 0.6 is 0 Å². The van der Waals surface area contributed by atoms with Gasteiger partial charge in [-0.3, -0.25) is 9.59 Å². The lowest BCUT2D eigenvalue weighted by Crippen LogP contribution is -2.32. The molecule has 0 spiro atoms. The lowest BCUT2D eigenvalue weighted by atomic mass is 10.0. The Labute approximate surface area is 110 Å². The number of hydrogen-bond acceptors (Lipinski definition) is 4. The number of Topliss-reactive ketones (excluding diaryl/α,β-unsaturated/α-hetero) is 2. The Morgan fingerprint density at radius 3 is 1.89 bits per heavy atom. The average Bonchev–Trinajstić information content (AvgIpc) is 2.12. The van der Waals surface area contributed by atoms with Gasteiger partial charge < -0.3 is 9.47 Å². The summed E-state index contributed by atoms with van der Waals surface area (Å²) in [7, 11) is 0. The van der Waals surface area contributed by atoms with Gasteiger partial charge >= 0.3 is 0 Å². The molecule has 0 aromatic carbocycles. The van der Waals surface area contributed by atoms with Crippen molar-refractivity contribution >= 4 is 11.6 Å². The van der Waals surface area contributed by atoms with Crippen LogP contribution in [-0.4, -0.2) is 36.0 Å². The van der Waals surface area contributed by atoms with Gasteiger partial charge in [0.2, 0.25) is 0 Å². The third-order valence-corrected chi connectivity index (χ3v) is 2.54. The van der Waals surface area contributed by atoms with Gasteiger partial charge in [0.05, 0.1) is 17.8 Å². The largest absolute Gasteiger partial charge is 0.375 e. The second-order valence-electron chi connectivity index (χ2n) is 5.99. The lowest BCUT2D eigenvalue weighted by molar-refractivity contribution is -0.131. The molecule has 0 rings (SSSR count). The van der Waals surface area contributed by atoms with Crippen LogP contribution in [0.2, 0.25) is 0 Å². The SMILES string of the molecule is CC(=O)COC(C)(C)CCOC(C)(C)CC(C)=O. The third kappa shape index (κ3) is 9.31. The molecule has 4 heteroatoms. The maximum Gasteiger partial charge on any atom is 0.155 e. The molecule has 0 amide bonds. The maximum atomic E-state index is 11.1. The summed E-state index contributed by atoms with van der Waals surface area (Å²) in [4.78, 5) is 21.9. The quantitative estimate of drug-likeness (QED) is 0.637. The highest BCUT2D eigenvalue weighted by molar-refractivity contribution is 5.76. The van der Waals surface area contributed by atoms with Crippen LogP contribution in [0.5, 0.6) is 0 Å². The molecule has 0 fully saturated rings. The van der Waals surface area contributed by atoms with E-state index in [9.17, 15) is 9.59 Å². The predicted molar refractivity (Wildman–Crippen MR) is 70.7 cm³/mol. The van der Waals surface area contributed by atoms with Gasteiger partial charge in [0, 0.05) is 6.42 Å². The Balaban J connectivity index is 4.01. The number of carbonyl (C=O) groups excluding carboxylic acids is 2. The molecule has 0 atom stereocenters. The summed E-state index contributed by atoms with van der Waals surface area (Å²) < 4.78 is 11.2. The van der Waals surface area contributed by atoms with Crippen LogP contribution in [-0.2, 0) is 19.1 Å². The fourth-order valence-corrected chi connectivity index (χ4v) is 1.59. The van der Waals surface area contributed by atoms with Crippen LogP contribution in [0.25, 0.3) is 0 Å². The highest BCUT2D eigenvalue weighted by Gasteiger charge is 2.24. The monoisotopic (exact) mass is 258 g/mol. The van der Waals surface area contributed by atoms with E-state index in [1.165, 1.54) is 6.92 Å². The molecular weight excluding hydrogens is 232 g/mol. The van der Waals surface area contributed by atoms with Crippen molar-refractivity contribution in [2.45, 2.75) is 65.6 Å². The number of ketones is 2. The van der Waals surface area contributed by atoms with Crippen LogP contribution in [0.1, 0.15) is 54.4 Å². The summed E-state index contributed by atoms with van der Waals surface area (Å²) in [5.41, 5.74) is -0.833. The zero-order valence-corrected chi connectivity index (χ0v) is 12.5. The molecule has 106 valence electrons. The summed E-state index contributed by atoms with van der Waals surface area (Å²) in [6.45, 7) is 11.4. The minimum atomic E-state index is -0.442. The van der Waals surface area contributed by atoms with Gasteiger partial charge in [0.25, 0.3) is 0 Å². The molecule has 0 saturated heterocycles. The van der Waals surface area contributed by atoms with Crippen LogP contribution in [0.3, 0.4) is 0 Å². The first-order valence-corrected chi connectivity index (χ1v) is 6.31. The van der Waals surface area contributed by atoms with Crippen molar-refractivity contribution in [3.63, 3.8) is 0 Å². The van der Waals surface area contributed by atoms with Crippen molar-refractivity contribution < 1.29 is 19.1 Å². The molecule has 0 N–H and O–H groups in total. The Bertz CT molecular complexity index is 292. The van der Waals surface area contributed by atoms with Gasteiger partial charge in [-0.05, 0) is 48.0 Å². The Kier molecular flexibility index (Phi) is 6.71. The molecule has 0 radical (unpaired) electrons. The number of hydrogen-bond donors (Lipinski definition) is 0. The molecule has 0 aromatic heterocycles. The van der Waals surface area contributed by atoms with E-state index in [0.717, 1.165) is 0 Å². The van der Waals surface area contributed by atoms with E-state index in [1.807, 2.05) is 27.7 Å². The predicted octanol–water partition coefficient (Wildman–Crippen LogP) is 2.54. The fraction of sp³-hybridized carbons (Fsp3) is 0.857. The molecule has 0 aliphatic carbocycles. The molecule has 0 aliphatic rings. The molecule has 4 nitrogen and oxygen atoms in total. The molecule has 0 heterocycles. The zero-order valence-electron chi connectivity index (χ0n) is 12.5. The average molecular weight is 258 g/mol. The topological polar surface area (TPSA) is 52.6 Å². The van der Waals surface area contributed by atoms with Crippen molar-refractivity contribution in [2.24, 2.45) is 0 Å². The normalized spacial score (nSPS) is 12.6. The van der Waals surface area contributed by atoms with Gasteiger partial charge in [-0.2, -0.15) is 0 Å². The van der Waals surface area contributed by atoms with Crippen LogP contribution in [0.4, 0.5) is 0 Å². The van der Waals surface area contributed by atoms with E-state index < -0.39 is 11.2 Å². The highest BCUT2D eigenvalue weighted by Crippen LogP contribution is 2.19. The van der Waals surface area contributed by atoms with Crippen molar-refractivity contribution in [1.82, 2.24) is 0 Å². The van der Waals surface area contributed by atoms with E-state index in [4.69, 9.17) is 9.47 Å². The Morgan fingerprint density at radius 1 is 0.889 bits per heavy atom. The van der Waals surface area contributed by atoms with E-state index >= 15 is 0 Å². The van der Waals surface area contributed by atoms with Crippen molar-refractivity contribution in [3.05, 3.63) is 0 Å². The van der Waals surface area contributed by atoms with Crippen molar-refractivity contribution in [2.75, 3.05) is 13.2 Å². The first-order chi connectivity index (χ1) is 8.04. The first kappa shape index (κ1) is 17.3. The molecule has 18 heavy (non-hydrogen) atoms. The van der Waals surface area contributed by atoms with Crippen LogP contribution < -0.4 is 0 Å². The second kappa shape index (κ2) is 7.00. The summed E-state index contributed by atoms with van der Waals surface area (Å²) in [6.07, 6.45) is 1.09. The minimum Gasteiger partial charge on any atom is -0.375 e. The molecular formula is C14H26O4. The second-order valence-corrected chi connectivity index (χ2v) is 5.99. The number of rotatable bonds is 9. The van der Waals surface area contributed by atoms with Crippen molar-refractivity contribution in [1.29, 1.82) is 0 Å². The summed E-state index contributed by atoms with van der Waals surface area (Å²) in [5.74, 6) is 0.132. The van der Waals surface area contributed by atoms with E-state index in [1.54, 1.807) is 6.92 Å². The minimum absolute atomic E-state index is 0.0147. The van der Waals surface area contributed by atoms with Gasteiger partial charge in [-0.25, -0.2) is 0 Å². The number of ether oxygens (including phenoxy) is 2. The Morgan fingerprint density at radius 2 is 1.44 bits per heavy atom. The molecule has 0 bridgehead atoms. The molecule has 0 aromatic rings. The molecule has 0 saturated carbocycles. The van der Waals surface area contributed by atoms with Crippen LogP contribution in [0.15, 0.2) is 0 Å². The van der Waals surface area contributed by atoms with Gasteiger partial charge in [0.1, 0.15) is 12.4 Å². The fourth-order valence-electron chi connectivity index (χ4n) is 1.59. The smallest absolute Gasteiger partial charge is 0.155 e. The van der Waals surface area contributed by atoms with Crippen LogP contribution in [0, 0.1) is 0 Å². The van der Waals surface area contributed by atoms with E-state index in [-0.39, 0.29) is 18.2 Å². The third-order valence-electron chi connectivity index (χ3n) is 2.54. The van der Waals surface area contributed by atoms with E-state index in [2.05, 4.69) is 0 Å². The molecule has 0 aliphatic heterocycles.